The van der Waals surface area contributed by atoms with Crippen LogP contribution >= 0.6 is 0 Å². The summed E-state index contributed by atoms with van der Waals surface area (Å²) in [6, 6.07) is -9.16. The van der Waals surface area contributed by atoms with Crippen LogP contribution < -0.4 is 21.3 Å². The van der Waals surface area contributed by atoms with Crippen molar-refractivity contribution in [1.82, 2.24) is 21.3 Å². The van der Waals surface area contributed by atoms with Crippen LogP contribution in [-0.4, -0.2) is 489 Å². The van der Waals surface area contributed by atoms with E-state index in [2.05, 4.69) is 50.5 Å². The number of carbonyl (C=O) groups excluding carboxylic acids is 4. The van der Waals surface area contributed by atoms with Gasteiger partial charge in [-0.3, -0.25) is 51.0 Å². The van der Waals surface area contributed by atoms with E-state index in [0.717, 1.165) is 13.8 Å². The molecule has 129 heavy (non-hydrogen) atoms. The van der Waals surface area contributed by atoms with Gasteiger partial charge in [0.2, 0.25) is 23.6 Å². The van der Waals surface area contributed by atoms with Gasteiger partial charge < -0.3 is 169 Å². The topological polar surface area (TPSA) is 1000 Å². The lowest BCUT2D eigenvalue weighted by atomic mass is 9.93. The molecule has 0 aliphatic carbocycles. The molecule has 66 nitrogen and oxygen atoms in total. The lowest BCUT2D eigenvalue weighted by Crippen LogP contribution is -2.71. The van der Waals surface area contributed by atoms with Gasteiger partial charge in [0.1, 0.15) is 195 Å². The van der Waals surface area contributed by atoms with Gasteiger partial charge in [-0.15, -0.1) is 0 Å². The molecule has 0 aromatic heterocycles. The van der Waals surface area contributed by atoms with Gasteiger partial charge in [-0.25, -0.2) is 29.3 Å². The number of aliphatic hydroxyl groups excluding tert-OH is 15. The summed E-state index contributed by atoms with van der Waals surface area (Å²) in [5.74, 6) is -4.76. The fourth-order valence-electron chi connectivity index (χ4n) is 14.1. The van der Waals surface area contributed by atoms with E-state index in [4.69, 9.17) is 71.1 Å². The van der Waals surface area contributed by atoms with Crippen molar-refractivity contribution in [2.24, 2.45) is 0 Å². The molecule has 1 unspecified atom stereocenters. The number of ether oxygens (including phenoxy) is 15. The van der Waals surface area contributed by atoms with Gasteiger partial charge in [-0.1, -0.05) is 0 Å². The summed E-state index contributed by atoms with van der Waals surface area (Å²) in [6.07, 6.45) is -91.2. The number of aliphatic hydroxyl groups is 15. The third-order valence-corrected chi connectivity index (χ3v) is 22.7. The van der Waals surface area contributed by atoms with Crippen LogP contribution in [0.4, 0.5) is 0 Å². The average Bonchev–Trinajstić information content (AvgIpc) is 0.768. The zero-order valence-electron chi connectivity index (χ0n) is 65.8. The van der Waals surface area contributed by atoms with Crippen LogP contribution in [0.5, 0.6) is 0 Å². The van der Waals surface area contributed by atoms with Crippen LogP contribution in [0.1, 0.15) is 27.7 Å². The summed E-state index contributed by atoms with van der Waals surface area (Å²) in [5.41, 5.74) is 0. The average molecular weight is 2040 g/mol. The monoisotopic (exact) mass is 2040 g/mol. The Morgan fingerprint density at radius 1 is 0.233 bits per heavy atom. The summed E-state index contributed by atoms with van der Waals surface area (Å²) in [5, 5.41) is 181. The second-order valence-electron chi connectivity index (χ2n) is 29.0. The minimum Gasteiger partial charge on any atom is -0.394 e. The fourth-order valence-corrected chi connectivity index (χ4v) is 16.2. The smallest absolute Gasteiger partial charge is 0.394 e. The minimum atomic E-state index is -5.82. The molecule has 8 heterocycles. The van der Waals surface area contributed by atoms with E-state index < -0.39 is 395 Å². The van der Waals surface area contributed by atoms with Gasteiger partial charge in [-0.2, -0.15) is 58.9 Å². The number of rotatable bonds is 40. The second kappa shape index (κ2) is 44.9. The summed E-state index contributed by atoms with van der Waals surface area (Å²) in [7, 11) is -39.6. The van der Waals surface area contributed by atoms with Crippen molar-refractivity contribution < 1.29 is 287 Å². The Morgan fingerprint density at radius 2 is 0.419 bits per heavy atom. The summed E-state index contributed by atoms with van der Waals surface area (Å²) in [6.45, 7) is -9.42. The van der Waals surface area contributed by atoms with Gasteiger partial charge in [-0.05, 0) is 0 Å². The van der Waals surface area contributed by atoms with E-state index in [9.17, 15) is 187 Å². The molecule has 0 aromatic carbocycles. The largest absolute Gasteiger partial charge is 0.397 e. The molecule has 8 aliphatic rings. The van der Waals surface area contributed by atoms with Crippen molar-refractivity contribution in [2.75, 3.05) is 52.9 Å². The Morgan fingerprint density at radius 3 is 0.643 bits per heavy atom. The van der Waals surface area contributed by atoms with Gasteiger partial charge in [0.05, 0.1) is 52.9 Å². The molecule has 0 spiro atoms. The predicted molar refractivity (Wildman–Crippen MR) is 384 cm³/mol. The zero-order valence-corrected chi connectivity index (χ0v) is 71.5. The van der Waals surface area contributed by atoms with Crippen molar-refractivity contribution in [2.45, 2.75) is 273 Å². The van der Waals surface area contributed by atoms with Gasteiger partial charge in [0, 0.05) is 27.7 Å². The maximum atomic E-state index is 13.2. The highest BCUT2D eigenvalue weighted by atomic mass is 32.3. The van der Waals surface area contributed by atoms with Crippen LogP contribution in [0, 0.1) is 0 Å². The zero-order chi connectivity index (χ0) is 96.9. The molecule has 0 saturated carbocycles. The Hall–Kier alpha value is -4.23. The lowest BCUT2D eigenvalue weighted by molar-refractivity contribution is -0.388. The first kappa shape index (κ1) is 110. The third kappa shape index (κ3) is 30.9. The molecule has 40 atom stereocenters. The first-order chi connectivity index (χ1) is 59.3. The van der Waals surface area contributed by atoms with Gasteiger partial charge in [0.25, 0.3) is 0 Å². The molecular formula is C56H94N4O62S7. The third-order valence-electron chi connectivity index (χ3n) is 19.7. The van der Waals surface area contributed by atoms with Crippen molar-refractivity contribution in [3.8, 4) is 0 Å². The standard InChI is InChI=1S/C56H94N4O62S7/c1-13(62)57-25-34(71)29(66)18(6-101-123(80,81)82)109-50(25)120-46-31(68)19(7-102-124(83,84)85)110-54(39(46)76)117-43-23(11-106-128(95,96)97)114-52(27(36(43)73)59-15(3)64)122-48-33(70)21(9-104-126(89,90)91)112-56(41(48)78)118-44-24(12-107-129(98,99)100)115-53(28(37(44)74)60-16(4)65)121-47-32(69)20(8-103-125(86,87)88)111-55(40(47)77)116-42-22(10-105-127(92,93)94)113-51(26(35(42)72)58-14(2)63)119-45-30(67)17(5-61)108-49(79)38(45)75/h17-56,61,66-79H,5-12H2,1-4H3,(H,57,62)(H,58,63)(H,59,64)(H,60,65)(H,80,81,82)(H,83,84,85)(H,86,87,88)(H,89,90,91)(H,92,93,94)(H,95,96,97)(H,98,99,100)/t17-,18-,19-,20-,21-,22-,23-,24-,25-,26-,27-,28-,29-,30+,31+,32+,33+,34-,35-,36-,37-,38-,39-,40-,41-,42-,43-,44-,45+,46+,47+,48+,49?,50+,51+,52+,53+,54+,55+,56+/m1/s1. The normalized spacial score (nSPS) is 41.3. The van der Waals surface area contributed by atoms with E-state index in [-0.39, 0.29) is 0 Å². The quantitative estimate of drug-likeness (QED) is 0.0253. The SMILES string of the molecule is CC(=O)N[C@H]1[C@H](O[C@H]2[C@@H](O)[C@@H](COS(=O)(=O)O)O[C@@H](O[C@H]3[C@H](O)[C@@H](NC(C)=O)[C@H](O[C@H]4[C@@H](O)[C@@H](COS(=O)(=O)O)O[C@@H](O[C@H]5[C@H](O)[C@@H](NC(C)=O)[C@H](O[C@H]6[C@@H](O)[C@@H](CO)OC(O)[C@@H]6O)O[C@@H]5COS(=O)(=O)O)[C@@H]4O)O[C@@H]3COS(=O)(=O)O)[C@@H]2O)O[C@H](COS(=O)(=O)O)[C@@H](O[C@@H]2O[C@H](COS(=O)(=O)O)[C@H](O)[C@H](O[C@@H]3O[C@H](COS(=O)(=O)O)[C@@H](O)[C@H](O)[C@H]3NC(C)=O)[C@H]2O)[C@@H]1O. The van der Waals surface area contributed by atoms with E-state index in [1.165, 1.54) is 0 Å². The molecule has 4 amide bonds. The minimum absolute atomic E-state index is 0.676. The van der Waals surface area contributed by atoms with Crippen LogP contribution in [0.15, 0.2) is 0 Å². The van der Waals surface area contributed by atoms with Crippen molar-refractivity contribution in [1.29, 1.82) is 0 Å². The molecular weight excluding hydrogens is 1950 g/mol. The van der Waals surface area contributed by atoms with Crippen LogP contribution in [-0.2, 0) is 192 Å². The van der Waals surface area contributed by atoms with Crippen molar-refractivity contribution >= 4 is 96.4 Å². The summed E-state index contributed by atoms with van der Waals surface area (Å²) < 4.78 is 353. The molecule has 8 aliphatic heterocycles. The second-order valence-corrected chi connectivity index (χ2v) is 36.7. The van der Waals surface area contributed by atoms with Crippen LogP contribution in [0.2, 0.25) is 0 Å². The Balaban J connectivity index is 1.14. The molecule has 0 bridgehead atoms. The predicted octanol–water partition coefficient (Wildman–Crippen LogP) is -19.1. The number of hydrogen-bond acceptors (Lipinski definition) is 55. The molecule has 8 fully saturated rings. The maximum absolute atomic E-state index is 13.2. The summed E-state index contributed by atoms with van der Waals surface area (Å²) >= 11 is 0. The van der Waals surface area contributed by atoms with Crippen LogP contribution in [0.25, 0.3) is 0 Å². The molecule has 26 N–H and O–H groups in total. The van der Waals surface area contributed by atoms with Crippen molar-refractivity contribution in [3.05, 3.63) is 0 Å². The maximum Gasteiger partial charge on any atom is 0.397 e. The number of carbonyl (C=O) groups is 4. The molecule has 752 valence electrons. The molecule has 8 rings (SSSR count). The van der Waals surface area contributed by atoms with Gasteiger partial charge in [0.15, 0.2) is 50.3 Å². The highest BCUT2D eigenvalue weighted by molar-refractivity contribution is 7.82. The van der Waals surface area contributed by atoms with Crippen LogP contribution in [0.3, 0.4) is 0 Å². The van der Waals surface area contributed by atoms with Gasteiger partial charge >= 0.3 is 72.8 Å². The Kier molecular flexibility index (Phi) is 38.3. The highest BCUT2D eigenvalue weighted by Crippen LogP contribution is 2.41. The molecule has 8 saturated heterocycles. The first-order valence-electron chi connectivity index (χ1n) is 36.7. The Labute approximate surface area is 727 Å². The number of amides is 4. The molecule has 73 heteroatoms. The highest BCUT2D eigenvalue weighted by Gasteiger charge is 2.62. The molecule has 0 radical (unpaired) electrons. The fraction of sp³-hybridized carbons (Fsp3) is 0.929. The van der Waals surface area contributed by atoms with Crippen molar-refractivity contribution in [3.63, 3.8) is 0 Å². The Bertz CT molecular complexity index is 4590. The van der Waals surface area contributed by atoms with E-state index in [0.29, 0.717) is 13.8 Å². The van der Waals surface area contributed by atoms with E-state index in [1.807, 2.05) is 0 Å². The molecule has 0 aromatic rings. The summed E-state index contributed by atoms with van der Waals surface area (Å²) in [4.78, 5) is 51.6. The number of nitrogens with one attached hydrogen (secondary N) is 4. The first-order valence-corrected chi connectivity index (χ1v) is 46.3. The van der Waals surface area contributed by atoms with E-state index in [1.54, 1.807) is 0 Å². The lowest BCUT2D eigenvalue weighted by Gasteiger charge is -2.51. The number of hydrogen-bond donors (Lipinski definition) is 26. The van der Waals surface area contributed by atoms with E-state index >= 15 is 0 Å².